The summed E-state index contributed by atoms with van der Waals surface area (Å²) in [6, 6.07) is 58.1. The van der Waals surface area contributed by atoms with Gasteiger partial charge in [-0.3, -0.25) is 9.20 Å². The van der Waals surface area contributed by atoms with Crippen molar-refractivity contribution in [2.75, 3.05) is 0 Å². The first-order chi connectivity index (χ1) is 25.8. The Bertz CT molecular complexity index is 3480. The predicted molar refractivity (Wildman–Crippen MR) is 219 cm³/mol. The summed E-state index contributed by atoms with van der Waals surface area (Å²) in [5, 5.41) is 8.83. The third-order valence-corrected chi connectivity index (χ3v) is 12.2. The molecule has 5 heteroatoms. The van der Waals surface area contributed by atoms with Crippen molar-refractivity contribution in [2.45, 2.75) is 0 Å². The standard InChI is InChI=1S/C47H27N3OS/c51-47-36-20-8-7-19-35(36)46-44-41(45(52-46)28-13-3-1-4-14-28)37-27-30(23-26-40(37)50(44)47)49-39-22-12-10-18-32(39)34-25-24-33-31-17-9-11-21-38(31)48(42(33)43(34)49)29-15-5-2-6-16-29/h1-27H. The summed E-state index contributed by atoms with van der Waals surface area (Å²) in [5.41, 5.74) is 9.98. The minimum absolute atomic E-state index is 0.0270. The van der Waals surface area contributed by atoms with Crippen LogP contribution in [0.4, 0.5) is 0 Å². The number of benzene rings is 7. The lowest BCUT2D eigenvalue weighted by atomic mass is 10.1. The highest BCUT2D eigenvalue weighted by Crippen LogP contribution is 2.48. The van der Waals surface area contributed by atoms with Crippen molar-refractivity contribution in [3.8, 4) is 21.8 Å². The van der Waals surface area contributed by atoms with Crippen molar-refractivity contribution in [1.29, 1.82) is 0 Å². The van der Waals surface area contributed by atoms with Crippen molar-refractivity contribution in [2.24, 2.45) is 0 Å². The number of rotatable bonds is 3. The molecule has 0 fully saturated rings. The van der Waals surface area contributed by atoms with Gasteiger partial charge in [0.1, 0.15) is 0 Å². The zero-order chi connectivity index (χ0) is 34.1. The summed E-state index contributed by atoms with van der Waals surface area (Å²) in [6.45, 7) is 0. The van der Waals surface area contributed by atoms with Crippen LogP contribution in [0.2, 0.25) is 0 Å². The Hall–Kier alpha value is -6.69. The number of hydrogen-bond donors (Lipinski definition) is 0. The second-order valence-corrected chi connectivity index (χ2v) is 14.7. The predicted octanol–water partition coefficient (Wildman–Crippen LogP) is 12.1. The molecule has 12 rings (SSSR count). The summed E-state index contributed by atoms with van der Waals surface area (Å²) in [6.07, 6.45) is 0. The molecule has 0 spiro atoms. The second-order valence-electron chi connectivity index (χ2n) is 13.6. The van der Waals surface area contributed by atoms with Crippen LogP contribution in [-0.2, 0) is 0 Å². The highest BCUT2D eigenvalue weighted by Gasteiger charge is 2.25. The van der Waals surface area contributed by atoms with Gasteiger partial charge in [-0.2, -0.15) is 0 Å². The van der Waals surface area contributed by atoms with Crippen LogP contribution >= 0.6 is 11.3 Å². The van der Waals surface area contributed by atoms with Crippen LogP contribution in [0, 0.1) is 0 Å². The Labute approximate surface area is 300 Å². The van der Waals surface area contributed by atoms with Gasteiger partial charge in [0.05, 0.1) is 37.8 Å². The fourth-order valence-corrected chi connectivity index (χ4v) is 10.2. The van der Waals surface area contributed by atoms with Gasteiger partial charge in [0, 0.05) is 59.3 Å². The summed E-state index contributed by atoms with van der Waals surface area (Å²) in [4.78, 5) is 15.5. The van der Waals surface area contributed by atoms with Gasteiger partial charge in [0.25, 0.3) is 5.56 Å². The second kappa shape index (κ2) is 10.2. The lowest BCUT2D eigenvalue weighted by Crippen LogP contribution is -2.12. The van der Waals surface area contributed by atoms with E-state index in [1.807, 2.05) is 22.6 Å². The Kier molecular flexibility index (Phi) is 5.50. The molecule has 0 aliphatic rings. The van der Waals surface area contributed by atoms with E-state index in [-0.39, 0.29) is 5.56 Å². The van der Waals surface area contributed by atoms with Crippen LogP contribution in [0.25, 0.3) is 103 Å². The number of pyridine rings is 1. The van der Waals surface area contributed by atoms with Gasteiger partial charge in [-0.15, -0.1) is 11.3 Å². The summed E-state index contributed by atoms with van der Waals surface area (Å²) >= 11 is 1.79. The quantitative estimate of drug-likeness (QED) is 0.183. The number of thiophene rings is 1. The van der Waals surface area contributed by atoms with E-state index in [4.69, 9.17) is 0 Å². The molecule has 0 N–H and O–H groups in total. The molecule has 4 nitrogen and oxygen atoms in total. The van der Waals surface area contributed by atoms with Crippen LogP contribution in [-0.4, -0.2) is 13.5 Å². The molecule has 0 atom stereocenters. The molecule has 0 saturated carbocycles. The molecular formula is C47H27N3OS. The van der Waals surface area contributed by atoms with Gasteiger partial charge in [0.15, 0.2) is 0 Å². The summed E-state index contributed by atoms with van der Waals surface area (Å²) in [7, 11) is 0. The van der Waals surface area contributed by atoms with Gasteiger partial charge in [-0.1, -0.05) is 115 Å². The molecular weight excluding hydrogens is 655 g/mol. The van der Waals surface area contributed by atoms with Crippen molar-refractivity contribution in [1.82, 2.24) is 13.5 Å². The lowest BCUT2D eigenvalue weighted by molar-refractivity contribution is 1.15. The van der Waals surface area contributed by atoms with E-state index in [1.165, 1.54) is 37.5 Å². The molecule has 7 aromatic carbocycles. The average molecular weight is 682 g/mol. The van der Waals surface area contributed by atoms with Crippen LogP contribution in [0.3, 0.4) is 0 Å². The Morgan fingerprint density at radius 3 is 1.63 bits per heavy atom. The highest BCUT2D eigenvalue weighted by molar-refractivity contribution is 7.24. The van der Waals surface area contributed by atoms with Crippen LogP contribution in [0.1, 0.15) is 0 Å². The van der Waals surface area contributed by atoms with Crippen molar-refractivity contribution in [3.05, 3.63) is 174 Å². The van der Waals surface area contributed by atoms with E-state index in [0.717, 1.165) is 65.2 Å². The lowest BCUT2D eigenvalue weighted by Gasteiger charge is -2.13. The van der Waals surface area contributed by atoms with E-state index in [2.05, 4.69) is 155 Å². The molecule has 0 bridgehead atoms. The molecule has 0 radical (unpaired) electrons. The van der Waals surface area contributed by atoms with E-state index in [0.29, 0.717) is 0 Å². The molecule has 0 saturated heterocycles. The molecule has 0 unspecified atom stereocenters. The number of nitrogens with zero attached hydrogens (tertiary/aromatic N) is 3. The van der Waals surface area contributed by atoms with Crippen LogP contribution in [0.5, 0.6) is 0 Å². The van der Waals surface area contributed by atoms with Crippen molar-refractivity contribution < 1.29 is 0 Å². The fraction of sp³-hybridized carbons (Fsp3) is 0. The maximum Gasteiger partial charge on any atom is 0.263 e. The van der Waals surface area contributed by atoms with Gasteiger partial charge in [0.2, 0.25) is 0 Å². The maximum absolute atomic E-state index is 14.3. The van der Waals surface area contributed by atoms with Gasteiger partial charge in [-0.25, -0.2) is 0 Å². The van der Waals surface area contributed by atoms with E-state index < -0.39 is 0 Å². The third-order valence-electron chi connectivity index (χ3n) is 11.0. The molecule has 5 aromatic heterocycles. The minimum atomic E-state index is 0.0270. The zero-order valence-corrected chi connectivity index (χ0v) is 28.6. The first-order valence-electron chi connectivity index (χ1n) is 17.6. The maximum atomic E-state index is 14.3. The molecule has 0 amide bonds. The Morgan fingerprint density at radius 1 is 0.404 bits per heavy atom. The number of fused-ring (bicyclic) bond motifs is 12. The van der Waals surface area contributed by atoms with Crippen molar-refractivity contribution in [3.63, 3.8) is 0 Å². The largest absolute Gasteiger partial charge is 0.307 e. The smallest absolute Gasteiger partial charge is 0.263 e. The van der Waals surface area contributed by atoms with Gasteiger partial charge >= 0.3 is 0 Å². The van der Waals surface area contributed by atoms with Crippen LogP contribution in [0.15, 0.2) is 169 Å². The SMILES string of the molecule is O=c1c2ccccc2c2sc(-c3ccccc3)c3c4cc(-n5c6ccccc6c6ccc7c8ccccc8n(-c8ccccc8)c7c65)ccc4n1c23. The van der Waals surface area contributed by atoms with E-state index in [9.17, 15) is 4.79 Å². The first kappa shape index (κ1) is 28.1. The first-order valence-corrected chi connectivity index (χ1v) is 18.4. The Morgan fingerprint density at radius 2 is 0.962 bits per heavy atom. The average Bonchev–Trinajstić information content (AvgIpc) is 3.95. The van der Waals surface area contributed by atoms with E-state index in [1.54, 1.807) is 11.3 Å². The molecule has 12 aromatic rings. The van der Waals surface area contributed by atoms with Crippen LogP contribution < -0.4 is 5.56 Å². The monoisotopic (exact) mass is 681 g/mol. The number of aromatic nitrogens is 3. The zero-order valence-electron chi connectivity index (χ0n) is 27.7. The molecule has 242 valence electrons. The highest BCUT2D eigenvalue weighted by atomic mass is 32.1. The van der Waals surface area contributed by atoms with Gasteiger partial charge in [-0.05, 0) is 54.1 Å². The Balaban J connectivity index is 1.28. The topological polar surface area (TPSA) is 31.3 Å². The summed E-state index contributed by atoms with van der Waals surface area (Å²) in [5.74, 6) is 0. The minimum Gasteiger partial charge on any atom is -0.307 e. The third kappa shape index (κ3) is 3.52. The molecule has 5 heterocycles. The molecule has 0 aliphatic heterocycles. The number of para-hydroxylation sites is 3. The summed E-state index contributed by atoms with van der Waals surface area (Å²) < 4.78 is 7.98. The fourth-order valence-electron chi connectivity index (χ4n) is 8.85. The molecule has 0 aliphatic carbocycles. The normalized spacial score (nSPS) is 12.3. The molecule has 52 heavy (non-hydrogen) atoms. The van der Waals surface area contributed by atoms with Crippen molar-refractivity contribution >= 4 is 92.2 Å². The van der Waals surface area contributed by atoms with Gasteiger partial charge < -0.3 is 9.13 Å². The van der Waals surface area contributed by atoms with E-state index >= 15 is 0 Å². The number of hydrogen-bond acceptors (Lipinski definition) is 2.